The molecule has 1 fully saturated rings. The highest BCUT2D eigenvalue weighted by atomic mass is 16.7. The van der Waals surface area contributed by atoms with E-state index in [2.05, 4.69) is 0 Å². The minimum absolute atomic E-state index is 0.365. The van der Waals surface area contributed by atoms with Crippen LogP contribution >= 0.6 is 0 Å². The summed E-state index contributed by atoms with van der Waals surface area (Å²) in [5, 5.41) is 0. The van der Waals surface area contributed by atoms with Crippen LogP contribution in [0.2, 0.25) is 0 Å². The molecule has 0 aromatic rings. The molecule has 3 nitrogen and oxygen atoms in total. The summed E-state index contributed by atoms with van der Waals surface area (Å²) >= 11 is 0. The lowest BCUT2D eigenvalue weighted by molar-refractivity contribution is 0.0800. The van der Waals surface area contributed by atoms with Crippen LogP contribution in [0, 0.1) is 0 Å². The van der Waals surface area contributed by atoms with Crippen molar-refractivity contribution in [1.29, 1.82) is 0 Å². The van der Waals surface area contributed by atoms with Crippen LogP contribution in [0.3, 0.4) is 0 Å². The topological polar surface area (TPSA) is 44.5 Å². The Morgan fingerprint density at radius 1 is 1.56 bits per heavy atom. The Morgan fingerprint density at radius 3 is 3.00 bits per heavy atom. The van der Waals surface area contributed by atoms with Gasteiger partial charge in [-0.3, -0.25) is 0 Å². The molecule has 1 heterocycles. The molecule has 1 aliphatic rings. The minimum atomic E-state index is 0.365. The van der Waals surface area contributed by atoms with E-state index in [1.807, 2.05) is 0 Å². The second-order valence-electron chi connectivity index (χ2n) is 1.63. The van der Waals surface area contributed by atoms with Crippen molar-refractivity contribution in [1.82, 2.24) is 0 Å². The van der Waals surface area contributed by atoms with Crippen LogP contribution in [0.15, 0.2) is 24.1 Å². The maximum absolute atomic E-state index is 5.09. The summed E-state index contributed by atoms with van der Waals surface area (Å²) in [5.74, 6) is 0.830. The molecular formula is C6H9NO2. The average molecular weight is 127 g/mol. The molecule has 0 atom stereocenters. The normalized spacial score (nSPS) is 23.3. The summed E-state index contributed by atoms with van der Waals surface area (Å²) in [6, 6.07) is 0. The molecule has 0 radical (unpaired) electrons. The molecule has 0 aromatic heterocycles. The Hall–Kier alpha value is -0.960. The summed E-state index contributed by atoms with van der Waals surface area (Å²) in [6.45, 7) is 0.925. The zero-order chi connectivity index (χ0) is 6.53. The molecule has 0 amide bonds. The fraction of sp³-hybridized carbons (Fsp3) is 0.333. The number of hydrogen-bond acceptors (Lipinski definition) is 3. The molecule has 0 aromatic carbocycles. The van der Waals surface area contributed by atoms with Gasteiger partial charge in [-0.25, -0.2) is 0 Å². The van der Waals surface area contributed by atoms with Gasteiger partial charge in [0.15, 0.2) is 6.79 Å². The van der Waals surface area contributed by atoms with E-state index in [1.54, 1.807) is 12.2 Å². The third-order valence-corrected chi connectivity index (χ3v) is 0.965. The van der Waals surface area contributed by atoms with Crippen molar-refractivity contribution in [3.05, 3.63) is 24.1 Å². The minimum Gasteiger partial charge on any atom is -0.469 e. The van der Waals surface area contributed by atoms with Crippen molar-refractivity contribution >= 4 is 0 Å². The van der Waals surface area contributed by atoms with E-state index >= 15 is 0 Å². The molecule has 3 heteroatoms. The first-order valence-corrected chi connectivity index (χ1v) is 2.71. The lowest BCUT2D eigenvalue weighted by atomic mass is 10.4. The molecule has 1 aliphatic heterocycles. The van der Waals surface area contributed by atoms with Crippen LogP contribution < -0.4 is 5.73 Å². The van der Waals surface area contributed by atoms with E-state index in [-0.39, 0.29) is 0 Å². The second-order valence-corrected chi connectivity index (χ2v) is 1.63. The molecule has 2 N–H and O–H groups in total. The van der Waals surface area contributed by atoms with Gasteiger partial charge in [0.2, 0.25) is 0 Å². The van der Waals surface area contributed by atoms with Crippen LogP contribution in [-0.2, 0) is 9.47 Å². The summed E-state index contributed by atoms with van der Waals surface area (Å²) < 4.78 is 9.88. The Balaban J connectivity index is 2.39. The third kappa shape index (κ3) is 1.77. The van der Waals surface area contributed by atoms with Crippen LogP contribution in [0.5, 0.6) is 0 Å². The smallest absolute Gasteiger partial charge is 0.189 e. The quantitative estimate of drug-likeness (QED) is 0.552. The second kappa shape index (κ2) is 3.14. The Labute approximate surface area is 53.7 Å². The first-order chi connectivity index (χ1) is 4.43. The Bertz CT molecular complexity index is 132. The van der Waals surface area contributed by atoms with Gasteiger partial charge in [-0.05, 0) is 18.4 Å². The van der Waals surface area contributed by atoms with Gasteiger partial charge in [0.1, 0.15) is 12.4 Å². The highest BCUT2D eigenvalue weighted by Crippen LogP contribution is 2.05. The Kier molecular flexibility index (Phi) is 2.15. The standard InChI is InChI=1S/C6H9NO2/c7-3-1-2-6-4-8-5-9-6/h1-3H,4-5,7H2/b3-1-,6-2+. The number of ether oxygens (including phenoxy) is 2. The molecule has 0 saturated carbocycles. The number of hydrogen-bond donors (Lipinski definition) is 1. The summed E-state index contributed by atoms with van der Waals surface area (Å²) in [4.78, 5) is 0. The van der Waals surface area contributed by atoms with Crippen LogP contribution in [0.25, 0.3) is 0 Å². The first kappa shape index (κ1) is 6.16. The van der Waals surface area contributed by atoms with E-state index < -0.39 is 0 Å². The number of nitrogens with two attached hydrogens (primary N) is 1. The van der Waals surface area contributed by atoms with E-state index in [9.17, 15) is 0 Å². The molecule has 0 aliphatic carbocycles. The maximum atomic E-state index is 5.09. The van der Waals surface area contributed by atoms with Crippen LogP contribution in [0.4, 0.5) is 0 Å². The molecule has 1 rings (SSSR count). The molecule has 0 unspecified atom stereocenters. The van der Waals surface area contributed by atoms with Gasteiger partial charge in [-0.2, -0.15) is 0 Å². The predicted octanol–water partition coefficient (Wildman–Crippen LogP) is 0.347. The van der Waals surface area contributed by atoms with E-state index in [4.69, 9.17) is 15.2 Å². The van der Waals surface area contributed by atoms with Gasteiger partial charge in [-0.1, -0.05) is 0 Å². The van der Waals surface area contributed by atoms with E-state index in [0.29, 0.717) is 13.4 Å². The molecule has 9 heavy (non-hydrogen) atoms. The van der Waals surface area contributed by atoms with Gasteiger partial charge in [0.05, 0.1) is 0 Å². The lowest BCUT2D eigenvalue weighted by Crippen LogP contribution is -1.81. The molecular weight excluding hydrogens is 118 g/mol. The highest BCUT2D eigenvalue weighted by Gasteiger charge is 2.04. The van der Waals surface area contributed by atoms with E-state index in [0.717, 1.165) is 5.76 Å². The molecule has 0 spiro atoms. The molecule has 1 saturated heterocycles. The molecule has 50 valence electrons. The van der Waals surface area contributed by atoms with Crippen LogP contribution in [-0.4, -0.2) is 13.4 Å². The zero-order valence-electron chi connectivity index (χ0n) is 5.04. The average Bonchev–Trinajstić information content (AvgIpc) is 2.34. The van der Waals surface area contributed by atoms with Gasteiger partial charge in [0.25, 0.3) is 0 Å². The number of rotatable bonds is 1. The van der Waals surface area contributed by atoms with Crippen LogP contribution in [0.1, 0.15) is 0 Å². The van der Waals surface area contributed by atoms with Crippen molar-refractivity contribution in [2.24, 2.45) is 5.73 Å². The SMILES string of the molecule is N/C=C\C=C1/COCO1. The fourth-order valence-corrected chi connectivity index (χ4v) is 0.560. The Morgan fingerprint density at radius 2 is 2.44 bits per heavy atom. The molecule has 0 bridgehead atoms. The van der Waals surface area contributed by atoms with Crippen molar-refractivity contribution in [2.45, 2.75) is 0 Å². The third-order valence-electron chi connectivity index (χ3n) is 0.965. The summed E-state index contributed by atoms with van der Waals surface area (Å²) in [5.41, 5.74) is 5.09. The summed E-state index contributed by atoms with van der Waals surface area (Å²) in [7, 11) is 0. The zero-order valence-corrected chi connectivity index (χ0v) is 5.04. The number of allylic oxidation sites excluding steroid dienone is 2. The monoisotopic (exact) mass is 127 g/mol. The van der Waals surface area contributed by atoms with Crippen molar-refractivity contribution in [3.63, 3.8) is 0 Å². The maximum Gasteiger partial charge on any atom is 0.189 e. The summed E-state index contributed by atoms with van der Waals surface area (Å²) in [6.07, 6.45) is 4.95. The fourth-order valence-electron chi connectivity index (χ4n) is 0.560. The predicted molar refractivity (Wildman–Crippen MR) is 33.3 cm³/mol. The highest BCUT2D eigenvalue weighted by molar-refractivity contribution is 5.07. The first-order valence-electron chi connectivity index (χ1n) is 2.71. The van der Waals surface area contributed by atoms with Crippen molar-refractivity contribution < 1.29 is 9.47 Å². The van der Waals surface area contributed by atoms with Gasteiger partial charge in [-0.15, -0.1) is 0 Å². The lowest BCUT2D eigenvalue weighted by Gasteiger charge is -1.88. The van der Waals surface area contributed by atoms with Gasteiger partial charge in [0, 0.05) is 0 Å². The van der Waals surface area contributed by atoms with Gasteiger partial charge < -0.3 is 15.2 Å². The largest absolute Gasteiger partial charge is 0.469 e. The van der Waals surface area contributed by atoms with E-state index in [1.165, 1.54) is 6.20 Å². The van der Waals surface area contributed by atoms with Gasteiger partial charge >= 0.3 is 0 Å². The van der Waals surface area contributed by atoms with Crippen molar-refractivity contribution in [2.75, 3.05) is 13.4 Å². The van der Waals surface area contributed by atoms with Crippen molar-refractivity contribution in [3.8, 4) is 0 Å².